The third-order valence-electron chi connectivity index (χ3n) is 4.56. The minimum Gasteiger partial charge on any atom is -0.431 e. The number of nitrogens with zero attached hydrogens (tertiary/aromatic N) is 2. The second kappa shape index (κ2) is 4.76. The van der Waals surface area contributed by atoms with Gasteiger partial charge in [0.05, 0.1) is 0 Å². The van der Waals surface area contributed by atoms with E-state index < -0.39 is 11.7 Å². The monoisotopic (exact) mass is 267 g/mol. The van der Waals surface area contributed by atoms with Crippen LogP contribution in [0.5, 0.6) is 0 Å². The summed E-state index contributed by atoms with van der Waals surface area (Å²) < 4.78 is 5.42. The van der Waals surface area contributed by atoms with Crippen molar-refractivity contribution in [2.75, 3.05) is 33.2 Å². The topological polar surface area (TPSA) is 61.9 Å². The molecule has 19 heavy (non-hydrogen) atoms. The average Bonchev–Trinajstić information content (AvgIpc) is 2.65. The van der Waals surface area contributed by atoms with Gasteiger partial charge in [-0.3, -0.25) is 9.69 Å². The fourth-order valence-corrected chi connectivity index (χ4v) is 3.46. The Morgan fingerprint density at radius 1 is 1.32 bits per heavy atom. The molecule has 0 aromatic carbocycles. The van der Waals surface area contributed by atoms with Crippen molar-refractivity contribution >= 4 is 12.0 Å². The lowest BCUT2D eigenvalue weighted by molar-refractivity contribution is -0.141. The van der Waals surface area contributed by atoms with Gasteiger partial charge < -0.3 is 10.1 Å². The van der Waals surface area contributed by atoms with Gasteiger partial charge in [0.1, 0.15) is 0 Å². The Hall–Kier alpha value is -1.14. The first-order valence-corrected chi connectivity index (χ1v) is 7.08. The van der Waals surface area contributed by atoms with Crippen molar-refractivity contribution < 1.29 is 14.3 Å². The lowest BCUT2D eigenvalue weighted by Gasteiger charge is -2.42. The van der Waals surface area contributed by atoms with Crippen LogP contribution >= 0.6 is 0 Å². The van der Waals surface area contributed by atoms with E-state index in [9.17, 15) is 9.59 Å². The van der Waals surface area contributed by atoms with Crippen LogP contribution in [0.3, 0.4) is 0 Å². The Morgan fingerprint density at radius 3 is 2.68 bits per heavy atom. The van der Waals surface area contributed by atoms with Crippen molar-refractivity contribution in [1.29, 1.82) is 0 Å². The molecule has 3 rings (SSSR count). The molecule has 1 unspecified atom stereocenters. The smallest absolute Gasteiger partial charge is 0.417 e. The zero-order chi connectivity index (χ0) is 13.5. The molecule has 3 fully saturated rings. The molecule has 1 atom stereocenters. The van der Waals surface area contributed by atoms with Gasteiger partial charge >= 0.3 is 6.09 Å². The summed E-state index contributed by atoms with van der Waals surface area (Å²) in [6.07, 6.45) is 3.28. The fraction of sp³-hybridized carbons (Fsp3) is 0.846. The quantitative estimate of drug-likeness (QED) is 0.734. The number of imide groups is 1. The predicted molar refractivity (Wildman–Crippen MR) is 68.7 cm³/mol. The third kappa shape index (κ3) is 2.12. The summed E-state index contributed by atoms with van der Waals surface area (Å²) in [5.41, 5.74) is -0.908. The lowest BCUT2D eigenvalue weighted by atomic mass is 9.89. The van der Waals surface area contributed by atoms with E-state index in [2.05, 4.69) is 10.2 Å². The zero-order valence-electron chi connectivity index (χ0n) is 11.4. The van der Waals surface area contributed by atoms with Crippen LogP contribution in [0.1, 0.15) is 25.7 Å². The number of amides is 2. The summed E-state index contributed by atoms with van der Waals surface area (Å²) in [7, 11) is 1.50. The first kappa shape index (κ1) is 12.9. The van der Waals surface area contributed by atoms with Crippen molar-refractivity contribution in [2.45, 2.75) is 37.3 Å². The number of nitrogens with one attached hydrogen (secondary N) is 1. The maximum Gasteiger partial charge on any atom is 0.417 e. The zero-order valence-corrected chi connectivity index (χ0v) is 11.4. The number of ether oxygens (including phenoxy) is 1. The molecule has 6 heteroatoms. The Bertz CT molecular complexity index is 395. The summed E-state index contributed by atoms with van der Waals surface area (Å²) in [4.78, 5) is 27.3. The van der Waals surface area contributed by atoms with Crippen LogP contribution in [0, 0.1) is 0 Å². The Balaban J connectivity index is 1.74. The number of likely N-dealkylation sites (N-methyl/N-ethyl adjacent to an activating group) is 1. The molecule has 6 nitrogen and oxygen atoms in total. The summed E-state index contributed by atoms with van der Waals surface area (Å²) in [6.45, 7) is 3.62. The molecule has 106 valence electrons. The fourth-order valence-electron chi connectivity index (χ4n) is 3.46. The second-order valence-electron chi connectivity index (χ2n) is 5.78. The average molecular weight is 267 g/mol. The predicted octanol–water partition coefficient (Wildman–Crippen LogP) is 0.182. The SMILES string of the molecule is CN1C(=O)OC2(CCCN(C3CCNCC3)C2)C1=O. The molecule has 0 saturated carbocycles. The molecule has 3 aliphatic heterocycles. The van der Waals surface area contributed by atoms with E-state index in [1.165, 1.54) is 7.05 Å². The van der Waals surface area contributed by atoms with Gasteiger partial charge in [0.15, 0.2) is 0 Å². The first-order valence-electron chi connectivity index (χ1n) is 7.08. The molecule has 2 amide bonds. The van der Waals surface area contributed by atoms with E-state index >= 15 is 0 Å². The summed E-state index contributed by atoms with van der Waals surface area (Å²) >= 11 is 0. The number of piperidine rings is 2. The van der Waals surface area contributed by atoms with Crippen molar-refractivity contribution in [3.05, 3.63) is 0 Å². The standard InChI is InChI=1S/C13H21N3O3/c1-15-11(17)13(19-12(15)18)5-2-8-16(9-13)10-3-6-14-7-4-10/h10,14H,2-9H2,1H3. The summed E-state index contributed by atoms with van der Waals surface area (Å²) in [6, 6.07) is 0.510. The van der Waals surface area contributed by atoms with Gasteiger partial charge in [-0.2, -0.15) is 0 Å². The van der Waals surface area contributed by atoms with E-state index in [1.54, 1.807) is 0 Å². The van der Waals surface area contributed by atoms with E-state index in [4.69, 9.17) is 4.74 Å². The third-order valence-corrected chi connectivity index (χ3v) is 4.56. The molecule has 0 bridgehead atoms. The van der Waals surface area contributed by atoms with Gasteiger partial charge in [-0.05, 0) is 45.3 Å². The van der Waals surface area contributed by atoms with Crippen molar-refractivity contribution in [2.24, 2.45) is 0 Å². The highest BCUT2D eigenvalue weighted by Gasteiger charge is 2.54. The van der Waals surface area contributed by atoms with Gasteiger partial charge in [0, 0.05) is 19.6 Å². The molecular weight excluding hydrogens is 246 g/mol. The number of likely N-dealkylation sites (tertiary alicyclic amines) is 1. The Morgan fingerprint density at radius 2 is 2.05 bits per heavy atom. The molecule has 0 aliphatic carbocycles. The lowest BCUT2D eigenvalue weighted by Crippen LogP contribution is -2.57. The van der Waals surface area contributed by atoms with Crippen molar-refractivity contribution in [1.82, 2.24) is 15.1 Å². The molecule has 3 aliphatic rings. The minimum atomic E-state index is -0.908. The van der Waals surface area contributed by atoms with E-state index in [0.717, 1.165) is 43.8 Å². The number of hydrogen-bond acceptors (Lipinski definition) is 5. The van der Waals surface area contributed by atoms with Gasteiger partial charge in [0.2, 0.25) is 5.60 Å². The Labute approximate surface area is 113 Å². The normalized spacial score (nSPS) is 34.1. The highest BCUT2D eigenvalue weighted by atomic mass is 16.6. The van der Waals surface area contributed by atoms with Gasteiger partial charge in [-0.15, -0.1) is 0 Å². The van der Waals surface area contributed by atoms with Crippen LogP contribution in [0.15, 0.2) is 0 Å². The van der Waals surface area contributed by atoms with Gasteiger partial charge in [-0.25, -0.2) is 9.69 Å². The molecule has 0 aromatic heterocycles. The number of carbonyl (C=O) groups is 2. The van der Waals surface area contributed by atoms with E-state index in [1.807, 2.05) is 0 Å². The maximum absolute atomic E-state index is 12.3. The van der Waals surface area contributed by atoms with Crippen molar-refractivity contribution in [3.63, 3.8) is 0 Å². The van der Waals surface area contributed by atoms with Crippen molar-refractivity contribution in [3.8, 4) is 0 Å². The van der Waals surface area contributed by atoms with Crippen LogP contribution in [-0.4, -0.2) is 66.7 Å². The molecule has 3 heterocycles. The van der Waals surface area contributed by atoms with E-state index in [0.29, 0.717) is 19.0 Å². The van der Waals surface area contributed by atoms with Crippen LogP contribution in [0.2, 0.25) is 0 Å². The molecule has 0 radical (unpaired) electrons. The van der Waals surface area contributed by atoms with Crippen LogP contribution in [0.25, 0.3) is 0 Å². The van der Waals surface area contributed by atoms with Crippen LogP contribution < -0.4 is 5.32 Å². The van der Waals surface area contributed by atoms with E-state index in [-0.39, 0.29) is 5.91 Å². The molecule has 3 saturated heterocycles. The highest BCUT2D eigenvalue weighted by molar-refractivity contribution is 6.02. The minimum absolute atomic E-state index is 0.170. The molecule has 1 N–H and O–H groups in total. The molecular formula is C13H21N3O3. The largest absolute Gasteiger partial charge is 0.431 e. The van der Waals surface area contributed by atoms with Gasteiger partial charge in [0.25, 0.3) is 5.91 Å². The summed E-state index contributed by atoms with van der Waals surface area (Å²) in [5, 5.41) is 3.35. The van der Waals surface area contributed by atoms with Crippen LogP contribution in [0.4, 0.5) is 4.79 Å². The van der Waals surface area contributed by atoms with Gasteiger partial charge in [-0.1, -0.05) is 0 Å². The Kier molecular flexibility index (Phi) is 3.22. The van der Waals surface area contributed by atoms with Crippen LogP contribution in [-0.2, 0) is 9.53 Å². The first-order chi connectivity index (χ1) is 9.12. The maximum atomic E-state index is 12.3. The summed E-state index contributed by atoms with van der Waals surface area (Å²) in [5.74, 6) is -0.170. The highest BCUT2D eigenvalue weighted by Crippen LogP contribution is 2.34. The second-order valence-corrected chi connectivity index (χ2v) is 5.78. The number of carbonyl (C=O) groups excluding carboxylic acids is 2. The molecule has 0 aromatic rings. The number of hydrogen-bond donors (Lipinski definition) is 1. The molecule has 1 spiro atoms. The number of rotatable bonds is 1.